The first-order chi connectivity index (χ1) is 11.5. The number of hydrogen-bond donors (Lipinski definition) is 1. The Morgan fingerprint density at radius 3 is 2.46 bits per heavy atom. The van der Waals surface area contributed by atoms with Crippen molar-refractivity contribution < 1.29 is 8.42 Å². The molecular formula is C16H21N5O2S. The lowest BCUT2D eigenvalue weighted by Crippen LogP contribution is -2.47. The van der Waals surface area contributed by atoms with Crippen molar-refractivity contribution >= 4 is 21.7 Å². The zero-order chi connectivity index (χ0) is 17.0. The van der Waals surface area contributed by atoms with Crippen LogP contribution in [0.5, 0.6) is 0 Å². The van der Waals surface area contributed by atoms with Crippen LogP contribution in [0.3, 0.4) is 0 Å². The molecule has 0 aliphatic carbocycles. The predicted octanol–water partition coefficient (Wildman–Crippen LogP) is 1.30. The molecule has 0 amide bonds. The summed E-state index contributed by atoms with van der Waals surface area (Å²) in [6, 6.07) is 9.88. The van der Waals surface area contributed by atoms with Gasteiger partial charge in [0.05, 0.1) is 6.26 Å². The van der Waals surface area contributed by atoms with E-state index in [1.807, 2.05) is 12.1 Å². The molecule has 8 heteroatoms. The first kappa shape index (κ1) is 16.8. The Bertz CT molecular complexity index is 774. The monoisotopic (exact) mass is 347 g/mol. The summed E-state index contributed by atoms with van der Waals surface area (Å²) in [5.74, 6) is 0.566. The van der Waals surface area contributed by atoms with E-state index in [1.165, 1.54) is 16.1 Å². The van der Waals surface area contributed by atoms with Crippen LogP contribution >= 0.6 is 0 Å². The molecule has 3 rings (SSSR count). The molecule has 1 N–H and O–H groups in total. The number of nitrogens with one attached hydrogen (secondary N) is 1. The normalized spacial score (nSPS) is 16.9. The fourth-order valence-corrected chi connectivity index (χ4v) is 3.54. The zero-order valence-corrected chi connectivity index (χ0v) is 14.4. The summed E-state index contributed by atoms with van der Waals surface area (Å²) in [6.45, 7) is 3.38. The Kier molecular flexibility index (Phi) is 5.08. The molecule has 1 fully saturated rings. The Hall–Kier alpha value is -2.03. The van der Waals surface area contributed by atoms with E-state index in [2.05, 4.69) is 32.3 Å². The van der Waals surface area contributed by atoms with Gasteiger partial charge in [-0.2, -0.15) is 4.31 Å². The molecule has 0 atom stereocenters. The van der Waals surface area contributed by atoms with E-state index in [-0.39, 0.29) is 0 Å². The summed E-state index contributed by atoms with van der Waals surface area (Å²) in [7, 11) is -3.08. The van der Waals surface area contributed by atoms with Crippen molar-refractivity contribution in [1.29, 1.82) is 0 Å². The molecule has 128 valence electrons. The molecule has 0 unspecified atom stereocenters. The molecular weight excluding hydrogens is 326 g/mol. The fourth-order valence-electron chi connectivity index (χ4n) is 2.72. The number of sulfonamides is 1. The summed E-state index contributed by atoms with van der Waals surface area (Å²) in [5, 5.41) is 3.18. The van der Waals surface area contributed by atoms with Crippen LogP contribution < -0.4 is 5.32 Å². The summed E-state index contributed by atoms with van der Waals surface area (Å²) in [6.07, 6.45) is 4.66. The number of rotatable bonds is 5. The fraction of sp³-hybridized carbons (Fsp3) is 0.375. The zero-order valence-electron chi connectivity index (χ0n) is 13.6. The number of aromatic nitrogens is 2. The highest BCUT2D eigenvalue weighted by Crippen LogP contribution is 2.17. The van der Waals surface area contributed by atoms with Gasteiger partial charge in [0.15, 0.2) is 0 Å². The summed E-state index contributed by atoms with van der Waals surface area (Å²) in [4.78, 5) is 10.6. The van der Waals surface area contributed by atoms with E-state index < -0.39 is 10.0 Å². The topological polar surface area (TPSA) is 78.4 Å². The molecule has 0 saturated carbocycles. The van der Waals surface area contributed by atoms with Crippen LogP contribution in [0.1, 0.15) is 5.56 Å². The minimum atomic E-state index is -3.08. The summed E-state index contributed by atoms with van der Waals surface area (Å²) in [5.41, 5.74) is 2.11. The van der Waals surface area contributed by atoms with Crippen molar-refractivity contribution in [3.8, 4) is 0 Å². The Labute approximate surface area is 142 Å². The van der Waals surface area contributed by atoms with Crippen molar-refractivity contribution in [1.82, 2.24) is 19.2 Å². The van der Waals surface area contributed by atoms with Gasteiger partial charge in [0.25, 0.3) is 0 Å². The number of anilines is 2. The van der Waals surface area contributed by atoms with Crippen LogP contribution in [0.4, 0.5) is 11.6 Å². The molecule has 1 saturated heterocycles. The molecule has 1 aliphatic heterocycles. The molecule has 0 radical (unpaired) electrons. The van der Waals surface area contributed by atoms with E-state index in [0.717, 1.165) is 25.3 Å². The van der Waals surface area contributed by atoms with Gasteiger partial charge in [-0.05, 0) is 23.8 Å². The Morgan fingerprint density at radius 1 is 1.08 bits per heavy atom. The van der Waals surface area contributed by atoms with E-state index in [0.29, 0.717) is 19.0 Å². The van der Waals surface area contributed by atoms with Crippen molar-refractivity contribution in [2.24, 2.45) is 0 Å². The maximum Gasteiger partial charge on any atom is 0.227 e. The first-order valence-corrected chi connectivity index (χ1v) is 9.66. The molecule has 0 bridgehead atoms. The smallest absolute Gasteiger partial charge is 0.227 e. The third-order valence-corrected chi connectivity index (χ3v) is 5.26. The van der Waals surface area contributed by atoms with E-state index in [1.54, 1.807) is 18.5 Å². The highest BCUT2D eigenvalue weighted by atomic mass is 32.2. The molecule has 1 aromatic heterocycles. The number of piperazine rings is 1. The average molecular weight is 347 g/mol. The highest BCUT2D eigenvalue weighted by molar-refractivity contribution is 7.88. The quantitative estimate of drug-likeness (QED) is 0.878. The second-order valence-corrected chi connectivity index (χ2v) is 7.82. The standard InChI is InChI=1S/C16H21N5O2S/c1-24(22,23)21-10-8-20(9-11-21)13-14-4-2-5-15(12-14)19-16-17-6-3-7-18-16/h2-7,12H,8-11,13H2,1H3,(H,17,18,19). The van der Waals surface area contributed by atoms with Gasteiger partial charge in [-0.25, -0.2) is 18.4 Å². The van der Waals surface area contributed by atoms with Gasteiger partial charge in [-0.1, -0.05) is 12.1 Å². The van der Waals surface area contributed by atoms with Crippen LogP contribution in [0.2, 0.25) is 0 Å². The minimum absolute atomic E-state index is 0.550. The molecule has 0 spiro atoms. The minimum Gasteiger partial charge on any atom is -0.324 e. The van der Waals surface area contributed by atoms with Crippen LogP contribution in [0.25, 0.3) is 0 Å². The van der Waals surface area contributed by atoms with Gasteiger partial charge in [-0.15, -0.1) is 0 Å². The van der Waals surface area contributed by atoms with Gasteiger partial charge in [0.1, 0.15) is 0 Å². The summed E-state index contributed by atoms with van der Waals surface area (Å²) < 4.78 is 24.6. The van der Waals surface area contributed by atoms with Crippen LogP contribution in [-0.4, -0.2) is 60.0 Å². The molecule has 1 aromatic carbocycles. The van der Waals surface area contributed by atoms with Gasteiger partial charge < -0.3 is 5.32 Å². The van der Waals surface area contributed by atoms with Crippen molar-refractivity contribution in [2.75, 3.05) is 37.8 Å². The molecule has 1 aliphatic rings. The number of benzene rings is 1. The van der Waals surface area contributed by atoms with E-state index in [9.17, 15) is 8.42 Å². The number of hydrogen-bond acceptors (Lipinski definition) is 6. The number of nitrogens with zero attached hydrogens (tertiary/aromatic N) is 4. The van der Waals surface area contributed by atoms with Gasteiger partial charge in [0.2, 0.25) is 16.0 Å². The lowest BCUT2D eigenvalue weighted by Gasteiger charge is -2.33. The van der Waals surface area contributed by atoms with E-state index >= 15 is 0 Å². The SMILES string of the molecule is CS(=O)(=O)N1CCN(Cc2cccc(Nc3ncccn3)c2)CC1. The molecule has 7 nitrogen and oxygen atoms in total. The van der Waals surface area contributed by atoms with Crippen LogP contribution in [0, 0.1) is 0 Å². The van der Waals surface area contributed by atoms with E-state index in [4.69, 9.17) is 0 Å². The third-order valence-electron chi connectivity index (χ3n) is 3.96. The summed E-state index contributed by atoms with van der Waals surface area (Å²) >= 11 is 0. The highest BCUT2D eigenvalue weighted by Gasteiger charge is 2.23. The Morgan fingerprint density at radius 2 is 1.79 bits per heavy atom. The second-order valence-electron chi connectivity index (χ2n) is 5.84. The van der Waals surface area contributed by atoms with Crippen molar-refractivity contribution in [3.05, 3.63) is 48.3 Å². The third kappa shape index (κ3) is 4.50. The van der Waals surface area contributed by atoms with Gasteiger partial charge in [0, 0.05) is 50.8 Å². The molecule has 2 heterocycles. The maximum absolute atomic E-state index is 11.6. The van der Waals surface area contributed by atoms with Gasteiger partial charge >= 0.3 is 0 Å². The van der Waals surface area contributed by atoms with Crippen molar-refractivity contribution in [2.45, 2.75) is 6.54 Å². The average Bonchev–Trinajstić information content (AvgIpc) is 2.56. The predicted molar refractivity (Wildman–Crippen MR) is 93.5 cm³/mol. The van der Waals surface area contributed by atoms with Crippen LogP contribution in [-0.2, 0) is 16.6 Å². The molecule has 2 aromatic rings. The van der Waals surface area contributed by atoms with Gasteiger partial charge in [-0.3, -0.25) is 4.90 Å². The van der Waals surface area contributed by atoms with Crippen molar-refractivity contribution in [3.63, 3.8) is 0 Å². The molecule has 24 heavy (non-hydrogen) atoms. The largest absolute Gasteiger partial charge is 0.324 e. The maximum atomic E-state index is 11.6. The Balaban J connectivity index is 1.59. The lowest BCUT2D eigenvalue weighted by atomic mass is 10.2. The first-order valence-electron chi connectivity index (χ1n) is 7.81. The van der Waals surface area contributed by atoms with Crippen LogP contribution in [0.15, 0.2) is 42.7 Å². The lowest BCUT2D eigenvalue weighted by molar-refractivity contribution is 0.182. The second kappa shape index (κ2) is 7.25.